The van der Waals surface area contributed by atoms with Crippen LogP contribution in [0.25, 0.3) is 10.9 Å². The number of nitrogens with one attached hydrogen (secondary N) is 2. The predicted molar refractivity (Wildman–Crippen MR) is 114 cm³/mol. The highest BCUT2D eigenvalue weighted by molar-refractivity contribution is 6.06. The second-order valence-electron chi connectivity index (χ2n) is 8.54. The number of fused-ring (bicyclic) bond motifs is 1. The Labute approximate surface area is 170 Å². The lowest BCUT2D eigenvalue weighted by Gasteiger charge is -2.33. The van der Waals surface area contributed by atoms with Gasteiger partial charge >= 0.3 is 0 Å². The molecule has 1 unspecified atom stereocenters. The van der Waals surface area contributed by atoms with Crippen molar-refractivity contribution in [2.24, 2.45) is 5.92 Å². The number of rotatable bonds is 5. The molecule has 2 aliphatic rings. The molecule has 2 fully saturated rings. The monoisotopic (exact) mass is 391 g/mol. The zero-order chi connectivity index (χ0) is 19.8. The third-order valence-electron chi connectivity index (χ3n) is 6.16. The third-order valence-corrected chi connectivity index (χ3v) is 6.16. The molecule has 2 aromatic carbocycles. The number of likely N-dealkylation sites (tertiary alicyclic amines) is 1. The van der Waals surface area contributed by atoms with Gasteiger partial charge in [-0.1, -0.05) is 12.1 Å². The first-order valence-electron chi connectivity index (χ1n) is 10.6. The molecule has 4 nitrogen and oxygen atoms in total. The number of carbonyl (C=O) groups is 1. The van der Waals surface area contributed by atoms with Gasteiger partial charge in [0.15, 0.2) is 0 Å². The number of carbonyl (C=O) groups excluding carboxylic acids is 1. The topological polar surface area (TPSA) is 48.1 Å². The molecule has 3 aromatic rings. The predicted octanol–water partition coefficient (Wildman–Crippen LogP) is 5.15. The van der Waals surface area contributed by atoms with Crippen LogP contribution in [0.15, 0.2) is 48.5 Å². The summed E-state index contributed by atoms with van der Waals surface area (Å²) >= 11 is 0. The van der Waals surface area contributed by atoms with Crippen LogP contribution >= 0.6 is 0 Å². The number of aromatic amines is 1. The lowest BCUT2D eigenvalue weighted by atomic mass is 9.90. The molecular formula is C24H26FN3O. The molecule has 5 heteroatoms. The Morgan fingerprint density at radius 1 is 1.14 bits per heavy atom. The molecule has 1 aromatic heterocycles. The highest BCUT2D eigenvalue weighted by atomic mass is 19.1. The van der Waals surface area contributed by atoms with Gasteiger partial charge in [0, 0.05) is 29.7 Å². The zero-order valence-electron chi connectivity index (χ0n) is 16.5. The minimum atomic E-state index is -0.368. The molecule has 29 heavy (non-hydrogen) atoms. The summed E-state index contributed by atoms with van der Waals surface area (Å²) in [5, 5.41) is 3.80. The SMILES string of the molecule is O=C(Nc1cccc(F)c1)c1cc2cc(C3CCCN(CC4CC4)C3)ccc2[nH]1. The normalized spacial score (nSPS) is 20.1. The summed E-state index contributed by atoms with van der Waals surface area (Å²) in [5.74, 6) is 0.861. The Bertz CT molecular complexity index is 1040. The molecule has 1 saturated carbocycles. The van der Waals surface area contributed by atoms with Crippen LogP contribution in [0.3, 0.4) is 0 Å². The van der Waals surface area contributed by atoms with E-state index in [0.29, 0.717) is 17.3 Å². The minimum absolute atomic E-state index is 0.262. The number of amides is 1. The summed E-state index contributed by atoms with van der Waals surface area (Å²) in [6, 6.07) is 14.3. The van der Waals surface area contributed by atoms with Gasteiger partial charge in [-0.25, -0.2) is 4.39 Å². The number of benzene rings is 2. The van der Waals surface area contributed by atoms with E-state index < -0.39 is 0 Å². The van der Waals surface area contributed by atoms with Gasteiger partial charge in [-0.2, -0.15) is 0 Å². The summed E-state index contributed by atoms with van der Waals surface area (Å²) < 4.78 is 13.3. The van der Waals surface area contributed by atoms with Crippen LogP contribution in [-0.4, -0.2) is 35.4 Å². The average Bonchev–Trinajstić information content (AvgIpc) is 3.42. The summed E-state index contributed by atoms with van der Waals surface area (Å²) in [6.45, 7) is 3.62. The van der Waals surface area contributed by atoms with Gasteiger partial charge in [-0.15, -0.1) is 0 Å². The van der Waals surface area contributed by atoms with Crippen molar-refractivity contribution >= 4 is 22.5 Å². The van der Waals surface area contributed by atoms with Crippen LogP contribution in [0.2, 0.25) is 0 Å². The molecule has 5 rings (SSSR count). The Balaban J connectivity index is 1.32. The van der Waals surface area contributed by atoms with Crippen LogP contribution in [0, 0.1) is 11.7 Å². The fourth-order valence-electron chi connectivity index (χ4n) is 4.45. The van der Waals surface area contributed by atoms with Crippen LogP contribution < -0.4 is 5.32 Å². The number of halogens is 1. The van der Waals surface area contributed by atoms with Crippen molar-refractivity contribution in [2.75, 3.05) is 25.0 Å². The summed E-state index contributed by atoms with van der Waals surface area (Å²) in [4.78, 5) is 18.4. The molecule has 0 bridgehead atoms. The van der Waals surface area contributed by atoms with Crippen molar-refractivity contribution in [3.8, 4) is 0 Å². The van der Waals surface area contributed by atoms with Crippen molar-refractivity contribution in [1.82, 2.24) is 9.88 Å². The number of hydrogen-bond donors (Lipinski definition) is 2. The highest BCUT2D eigenvalue weighted by Crippen LogP contribution is 2.34. The van der Waals surface area contributed by atoms with Gasteiger partial charge in [-0.05, 0) is 86.0 Å². The molecule has 1 aliphatic carbocycles. The number of H-pyrrole nitrogens is 1. The number of anilines is 1. The lowest BCUT2D eigenvalue weighted by Crippen LogP contribution is -2.35. The molecule has 1 aliphatic heterocycles. The van der Waals surface area contributed by atoms with Crippen molar-refractivity contribution in [1.29, 1.82) is 0 Å². The second-order valence-corrected chi connectivity index (χ2v) is 8.54. The third kappa shape index (κ3) is 4.20. The quantitative estimate of drug-likeness (QED) is 0.632. The second kappa shape index (κ2) is 7.64. The highest BCUT2D eigenvalue weighted by Gasteiger charge is 2.28. The molecule has 1 atom stereocenters. The van der Waals surface area contributed by atoms with E-state index in [0.717, 1.165) is 23.4 Å². The molecule has 0 radical (unpaired) electrons. The van der Waals surface area contributed by atoms with Gasteiger partial charge in [0.1, 0.15) is 11.5 Å². The molecule has 2 N–H and O–H groups in total. The first kappa shape index (κ1) is 18.4. The molecule has 0 spiro atoms. The largest absolute Gasteiger partial charge is 0.351 e. The zero-order valence-corrected chi connectivity index (χ0v) is 16.5. The first-order valence-corrected chi connectivity index (χ1v) is 10.6. The van der Waals surface area contributed by atoms with E-state index in [-0.39, 0.29) is 11.7 Å². The molecule has 2 heterocycles. The van der Waals surface area contributed by atoms with Crippen LogP contribution in [0.4, 0.5) is 10.1 Å². The van der Waals surface area contributed by atoms with Gasteiger partial charge < -0.3 is 15.2 Å². The van der Waals surface area contributed by atoms with Crippen molar-refractivity contribution in [3.05, 3.63) is 65.6 Å². The van der Waals surface area contributed by atoms with Gasteiger partial charge in [0.05, 0.1) is 0 Å². The van der Waals surface area contributed by atoms with E-state index in [9.17, 15) is 9.18 Å². The van der Waals surface area contributed by atoms with Crippen LogP contribution in [0.1, 0.15) is 47.7 Å². The Hall–Kier alpha value is -2.66. The van der Waals surface area contributed by atoms with Gasteiger partial charge in [-0.3, -0.25) is 4.79 Å². The van der Waals surface area contributed by atoms with E-state index in [1.165, 1.54) is 56.5 Å². The fraction of sp³-hybridized carbons (Fsp3) is 0.375. The number of aromatic nitrogens is 1. The maximum Gasteiger partial charge on any atom is 0.272 e. The summed E-state index contributed by atoms with van der Waals surface area (Å²) in [5.41, 5.74) is 3.24. The standard InChI is InChI=1S/C24H26FN3O/c25-20-4-1-5-21(13-20)26-24(29)23-12-19-11-17(8-9-22(19)27-23)18-3-2-10-28(15-18)14-16-6-7-16/h1,4-5,8-9,11-13,16,18,27H,2-3,6-7,10,14-15H2,(H,26,29). The Morgan fingerprint density at radius 3 is 2.86 bits per heavy atom. The van der Waals surface area contributed by atoms with E-state index in [4.69, 9.17) is 0 Å². The number of hydrogen-bond acceptors (Lipinski definition) is 2. The maximum atomic E-state index is 13.3. The van der Waals surface area contributed by atoms with E-state index >= 15 is 0 Å². The Morgan fingerprint density at radius 2 is 2.03 bits per heavy atom. The maximum absolute atomic E-state index is 13.3. The van der Waals surface area contributed by atoms with Gasteiger partial charge in [0.2, 0.25) is 0 Å². The number of piperidine rings is 1. The molecular weight excluding hydrogens is 365 g/mol. The van der Waals surface area contributed by atoms with Crippen molar-refractivity contribution < 1.29 is 9.18 Å². The molecule has 1 amide bonds. The Kier molecular flexibility index (Phi) is 4.84. The smallest absolute Gasteiger partial charge is 0.272 e. The minimum Gasteiger partial charge on any atom is -0.351 e. The molecule has 150 valence electrons. The van der Waals surface area contributed by atoms with E-state index in [1.54, 1.807) is 12.1 Å². The van der Waals surface area contributed by atoms with Crippen molar-refractivity contribution in [2.45, 2.75) is 31.6 Å². The average molecular weight is 391 g/mol. The lowest BCUT2D eigenvalue weighted by molar-refractivity contribution is 0.102. The fourth-order valence-corrected chi connectivity index (χ4v) is 4.45. The van der Waals surface area contributed by atoms with Crippen LogP contribution in [0.5, 0.6) is 0 Å². The van der Waals surface area contributed by atoms with Crippen LogP contribution in [-0.2, 0) is 0 Å². The molecule has 1 saturated heterocycles. The van der Waals surface area contributed by atoms with Crippen molar-refractivity contribution in [3.63, 3.8) is 0 Å². The summed E-state index contributed by atoms with van der Waals surface area (Å²) in [6.07, 6.45) is 5.28. The van der Waals surface area contributed by atoms with Gasteiger partial charge in [0.25, 0.3) is 5.91 Å². The number of nitrogens with zero attached hydrogens (tertiary/aromatic N) is 1. The van der Waals surface area contributed by atoms with E-state index in [1.807, 2.05) is 6.07 Å². The summed E-state index contributed by atoms with van der Waals surface area (Å²) in [7, 11) is 0. The first-order chi connectivity index (χ1) is 14.1. The van der Waals surface area contributed by atoms with E-state index in [2.05, 4.69) is 33.4 Å².